The number of hydrogen-bond donors (Lipinski definition) is 0. The molecule has 1 amide bonds. The van der Waals surface area contributed by atoms with Gasteiger partial charge in [-0.1, -0.05) is 12.1 Å². The van der Waals surface area contributed by atoms with E-state index in [1.54, 1.807) is 18.0 Å². The van der Waals surface area contributed by atoms with E-state index in [2.05, 4.69) is 16.1 Å². The predicted molar refractivity (Wildman–Crippen MR) is 95.7 cm³/mol. The summed E-state index contributed by atoms with van der Waals surface area (Å²) >= 11 is 0. The minimum absolute atomic E-state index is 0.0479. The number of rotatable bonds is 3. The second-order valence-corrected chi connectivity index (χ2v) is 6.84. The summed E-state index contributed by atoms with van der Waals surface area (Å²) in [6.07, 6.45) is 6.56. The highest BCUT2D eigenvalue weighted by atomic mass is 16.5. The Morgan fingerprint density at radius 1 is 1.28 bits per heavy atom. The topological polar surface area (TPSA) is 50.6 Å². The van der Waals surface area contributed by atoms with Crippen molar-refractivity contribution in [2.24, 2.45) is 7.05 Å². The van der Waals surface area contributed by atoms with Gasteiger partial charge in [0.05, 0.1) is 25.0 Å². The van der Waals surface area contributed by atoms with Gasteiger partial charge < -0.3 is 9.64 Å². The largest absolute Gasteiger partial charge is 0.496 e. The van der Waals surface area contributed by atoms with Gasteiger partial charge in [-0.15, -0.1) is 0 Å². The van der Waals surface area contributed by atoms with E-state index in [9.17, 15) is 4.79 Å². The molecule has 1 fully saturated rings. The van der Waals surface area contributed by atoms with E-state index in [0.29, 0.717) is 0 Å². The number of aryl methyl sites for hydroxylation is 1. The van der Waals surface area contributed by atoms with Crippen LogP contribution in [0.4, 0.5) is 5.69 Å². The van der Waals surface area contributed by atoms with Crippen LogP contribution in [0, 0.1) is 0 Å². The van der Waals surface area contributed by atoms with Crippen LogP contribution in [0.25, 0.3) is 0 Å². The summed E-state index contributed by atoms with van der Waals surface area (Å²) in [6.45, 7) is 2.48. The zero-order chi connectivity index (χ0) is 17.4. The van der Waals surface area contributed by atoms with Gasteiger partial charge in [0.15, 0.2) is 0 Å². The van der Waals surface area contributed by atoms with Crippen LogP contribution in [0.3, 0.4) is 0 Å². The molecule has 6 nitrogen and oxygen atoms in total. The van der Waals surface area contributed by atoms with Gasteiger partial charge in [-0.25, -0.2) is 0 Å². The number of aromatic nitrogens is 2. The molecular formula is C19H24N4O2. The number of benzene rings is 1. The fraction of sp³-hybridized carbons (Fsp3) is 0.474. The first kappa shape index (κ1) is 16.1. The zero-order valence-corrected chi connectivity index (χ0v) is 14.8. The summed E-state index contributed by atoms with van der Waals surface area (Å²) in [5, 5.41) is 4.21. The van der Waals surface area contributed by atoms with E-state index >= 15 is 0 Å². The lowest BCUT2D eigenvalue weighted by molar-refractivity contribution is -0.125. The molecule has 1 aromatic carbocycles. The Labute approximate surface area is 148 Å². The molecule has 4 rings (SSSR count). The molecule has 2 aliphatic rings. The first-order valence-corrected chi connectivity index (χ1v) is 8.86. The monoisotopic (exact) mass is 340 g/mol. The van der Waals surface area contributed by atoms with Gasteiger partial charge in [-0.3, -0.25) is 14.4 Å². The van der Waals surface area contributed by atoms with Crippen LogP contribution in [-0.4, -0.2) is 46.8 Å². The van der Waals surface area contributed by atoms with Crippen LogP contribution in [0.2, 0.25) is 0 Å². The van der Waals surface area contributed by atoms with Crippen molar-refractivity contribution in [2.75, 3.05) is 25.1 Å². The van der Waals surface area contributed by atoms with E-state index < -0.39 is 0 Å². The zero-order valence-electron chi connectivity index (χ0n) is 14.8. The smallest absolute Gasteiger partial charge is 0.244 e. The van der Waals surface area contributed by atoms with Crippen LogP contribution < -0.4 is 9.64 Å². The molecule has 25 heavy (non-hydrogen) atoms. The molecule has 1 unspecified atom stereocenters. The summed E-state index contributed by atoms with van der Waals surface area (Å²) in [5.41, 5.74) is 3.46. The molecule has 0 saturated carbocycles. The van der Waals surface area contributed by atoms with E-state index in [1.165, 1.54) is 11.1 Å². The van der Waals surface area contributed by atoms with Crippen molar-refractivity contribution >= 4 is 11.6 Å². The Morgan fingerprint density at radius 2 is 2.16 bits per heavy atom. The Bertz CT molecular complexity index is 785. The fourth-order valence-electron chi connectivity index (χ4n) is 4.05. The van der Waals surface area contributed by atoms with Crippen molar-refractivity contribution in [1.82, 2.24) is 14.7 Å². The lowest BCUT2D eigenvalue weighted by atomic mass is 9.94. The van der Waals surface area contributed by atoms with Gasteiger partial charge >= 0.3 is 0 Å². The maximum absolute atomic E-state index is 13.1. The quantitative estimate of drug-likeness (QED) is 0.857. The fourth-order valence-corrected chi connectivity index (χ4v) is 4.05. The number of piperidine rings is 1. The minimum Gasteiger partial charge on any atom is -0.496 e. The van der Waals surface area contributed by atoms with E-state index in [4.69, 9.17) is 4.74 Å². The summed E-state index contributed by atoms with van der Waals surface area (Å²) in [5.74, 6) is 1.16. The van der Waals surface area contributed by atoms with Crippen LogP contribution >= 0.6 is 0 Å². The van der Waals surface area contributed by atoms with Crippen LogP contribution in [0.5, 0.6) is 5.75 Å². The maximum Gasteiger partial charge on any atom is 0.244 e. The molecule has 0 N–H and O–H groups in total. The van der Waals surface area contributed by atoms with Crippen molar-refractivity contribution < 1.29 is 9.53 Å². The standard InChI is InChI=1S/C19H24N4O2/c1-21-13-15(11-20-21)23-9-4-6-17(19(23)24)22-10-8-16-14(12-22)5-3-7-18(16)25-2/h3,5,7,11,13,17H,4,6,8-10,12H2,1-2H3. The van der Waals surface area contributed by atoms with Gasteiger partial charge in [0.2, 0.25) is 5.91 Å². The molecule has 2 aromatic rings. The summed E-state index contributed by atoms with van der Waals surface area (Å²) < 4.78 is 7.23. The average Bonchev–Trinajstić information content (AvgIpc) is 3.07. The summed E-state index contributed by atoms with van der Waals surface area (Å²) in [7, 11) is 3.60. The lowest BCUT2D eigenvalue weighted by Gasteiger charge is -2.40. The first-order valence-electron chi connectivity index (χ1n) is 8.86. The number of nitrogens with zero attached hydrogens (tertiary/aromatic N) is 4. The SMILES string of the molecule is COc1cccc2c1CCN(C1CCCN(c3cnn(C)c3)C1=O)C2. The van der Waals surface area contributed by atoms with Gasteiger partial charge in [-0.2, -0.15) is 5.10 Å². The number of methoxy groups -OCH3 is 1. The minimum atomic E-state index is -0.0479. The molecule has 1 atom stereocenters. The predicted octanol–water partition coefficient (Wildman–Crippen LogP) is 1.98. The Morgan fingerprint density at radius 3 is 2.92 bits per heavy atom. The maximum atomic E-state index is 13.1. The van der Waals surface area contributed by atoms with E-state index in [-0.39, 0.29) is 11.9 Å². The molecule has 0 spiro atoms. The molecule has 1 aromatic heterocycles. The van der Waals surface area contributed by atoms with Crippen molar-refractivity contribution in [2.45, 2.75) is 31.8 Å². The summed E-state index contributed by atoms with van der Waals surface area (Å²) in [6, 6.07) is 6.15. The number of anilines is 1. The van der Waals surface area contributed by atoms with Crippen LogP contribution in [0.1, 0.15) is 24.0 Å². The molecule has 0 bridgehead atoms. The third-order valence-corrected chi connectivity index (χ3v) is 5.33. The molecule has 6 heteroatoms. The third kappa shape index (κ3) is 2.91. The highest BCUT2D eigenvalue weighted by Gasteiger charge is 2.36. The third-order valence-electron chi connectivity index (χ3n) is 5.33. The molecular weight excluding hydrogens is 316 g/mol. The number of fused-ring (bicyclic) bond motifs is 1. The second kappa shape index (κ2) is 6.52. The first-order chi connectivity index (χ1) is 12.2. The number of carbonyl (C=O) groups excluding carboxylic acids is 1. The van der Waals surface area contributed by atoms with Crippen molar-refractivity contribution in [3.8, 4) is 5.75 Å². The molecule has 2 aliphatic heterocycles. The van der Waals surface area contributed by atoms with Gasteiger partial charge in [0.1, 0.15) is 5.75 Å². The Kier molecular flexibility index (Phi) is 4.21. The number of hydrogen-bond acceptors (Lipinski definition) is 4. The van der Waals surface area contributed by atoms with E-state index in [1.807, 2.05) is 30.3 Å². The van der Waals surface area contributed by atoms with Crippen molar-refractivity contribution in [1.29, 1.82) is 0 Å². The van der Waals surface area contributed by atoms with Gasteiger partial charge in [0.25, 0.3) is 0 Å². The Hall–Kier alpha value is -2.34. The molecule has 132 valence electrons. The normalized spacial score (nSPS) is 21.3. The number of amides is 1. The molecule has 0 aliphatic carbocycles. The van der Waals surface area contributed by atoms with Crippen LogP contribution in [-0.2, 0) is 24.8 Å². The highest BCUT2D eigenvalue weighted by molar-refractivity contribution is 5.97. The number of carbonyl (C=O) groups is 1. The van der Waals surface area contributed by atoms with Crippen LogP contribution in [0.15, 0.2) is 30.6 Å². The summed E-state index contributed by atoms with van der Waals surface area (Å²) in [4.78, 5) is 17.3. The van der Waals surface area contributed by atoms with Gasteiger partial charge in [0, 0.05) is 32.9 Å². The van der Waals surface area contributed by atoms with Crippen molar-refractivity contribution in [3.63, 3.8) is 0 Å². The van der Waals surface area contributed by atoms with E-state index in [0.717, 1.165) is 50.3 Å². The Balaban J connectivity index is 1.54. The lowest BCUT2D eigenvalue weighted by Crippen LogP contribution is -2.53. The second-order valence-electron chi connectivity index (χ2n) is 6.84. The molecule has 0 radical (unpaired) electrons. The average molecular weight is 340 g/mol. The van der Waals surface area contributed by atoms with Crippen molar-refractivity contribution in [3.05, 3.63) is 41.7 Å². The molecule has 1 saturated heterocycles. The van der Waals surface area contributed by atoms with Gasteiger partial charge in [-0.05, 0) is 36.5 Å². The highest BCUT2D eigenvalue weighted by Crippen LogP contribution is 2.31. The number of ether oxygens (including phenoxy) is 1. The molecule has 3 heterocycles.